The van der Waals surface area contributed by atoms with Crippen LogP contribution < -0.4 is 0 Å². The highest BCUT2D eigenvalue weighted by atomic mass is 16.1. The van der Waals surface area contributed by atoms with E-state index in [1.54, 1.807) is 6.08 Å². The number of carbonyl (C=O) groups excluding carboxylic acids is 1. The summed E-state index contributed by atoms with van der Waals surface area (Å²) in [6, 6.07) is 12.2. The lowest BCUT2D eigenvalue weighted by Crippen LogP contribution is -1.94. The van der Waals surface area contributed by atoms with E-state index in [0.717, 1.165) is 6.42 Å². The average Bonchev–Trinajstić information content (AvgIpc) is 2.38. The maximum Gasteiger partial charge on any atom is 0.240 e. The summed E-state index contributed by atoms with van der Waals surface area (Å²) in [7, 11) is 0. The predicted molar refractivity (Wildman–Crippen MR) is 77.7 cm³/mol. The third-order valence-electron chi connectivity index (χ3n) is 3.46. The quantitative estimate of drug-likeness (QED) is 0.594. The van der Waals surface area contributed by atoms with Crippen molar-refractivity contribution in [2.24, 2.45) is 4.99 Å². The molecule has 2 aromatic carbocycles. The van der Waals surface area contributed by atoms with E-state index in [4.69, 9.17) is 0 Å². The largest absolute Gasteiger partial charge is 0.240 e. The molecule has 0 spiro atoms. The molecule has 2 heteroatoms. The molecule has 0 bridgehead atoms. The molecule has 0 N–H and O–H groups in total. The van der Waals surface area contributed by atoms with Crippen LogP contribution in [0.5, 0.6) is 0 Å². The SMILES string of the molecule is Cc1cc(C)c(Cc2ccc(N=C=O)cc2)cc1C. The normalized spacial score (nSPS) is 10.1. The molecule has 19 heavy (non-hydrogen) atoms. The molecule has 0 saturated carbocycles. The van der Waals surface area contributed by atoms with Crippen molar-refractivity contribution in [3.63, 3.8) is 0 Å². The maximum atomic E-state index is 10.2. The highest BCUT2D eigenvalue weighted by molar-refractivity contribution is 5.49. The van der Waals surface area contributed by atoms with Gasteiger partial charge in [0.1, 0.15) is 0 Å². The Hall–Kier alpha value is -2.18. The second kappa shape index (κ2) is 5.64. The van der Waals surface area contributed by atoms with Crippen LogP contribution in [0.4, 0.5) is 5.69 Å². The first-order valence-electron chi connectivity index (χ1n) is 6.33. The molecule has 0 aliphatic rings. The third-order valence-corrected chi connectivity index (χ3v) is 3.46. The van der Waals surface area contributed by atoms with E-state index in [9.17, 15) is 4.79 Å². The van der Waals surface area contributed by atoms with Gasteiger partial charge in [0.25, 0.3) is 0 Å². The van der Waals surface area contributed by atoms with Gasteiger partial charge >= 0.3 is 0 Å². The summed E-state index contributed by atoms with van der Waals surface area (Å²) >= 11 is 0. The first kappa shape index (κ1) is 13.3. The highest BCUT2D eigenvalue weighted by Gasteiger charge is 2.03. The van der Waals surface area contributed by atoms with E-state index in [2.05, 4.69) is 37.9 Å². The van der Waals surface area contributed by atoms with Gasteiger partial charge < -0.3 is 0 Å². The lowest BCUT2D eigenvalue weighted by atomic mass is 9.96. The van der Waals surface area contributed by atoms with Crippen molar-refractivity contribution in [3.05, 3.63) is 64.2 Å². The lowest BCUT2D eigenvalue weighted by Gasteiger charge is -2.10. The van der Waals surface area contributed by atoms with Gasteiger partial charge in [0, 0.05) is 0 Å². The van der Waals surface area contributed by atoms with E-state index in [1.165, 1.54) is 27.8 Å². The molecule has 0 atom stereocenters. The van der Waals surface area contributed by atoms with Crippen LogP contribution in [0.15, 0.2) is 41.4 Å². The van der Waals surface area contributed by atoms with Crippen molar-refractivity contribution in [1.82, 2.24) is 0 Å². The summed E-state index contributed by atoms with van der Waals surface area (Å²) < 4.78 is 0. The van der Waals surface area contributed by atoms with E-state index in [0.29, 0.717) is 5.69 Å². The monoisotopic (exact) mass is 251 g/mol. The summed E-state index contributed by atoms with van der Waals surface area (Å²) in [4.78, 5) is 13.8. The van der Waals surface area contributed by atoms with Gasteiger partial charge in [-0.3, -0.25) is 0 Å². The summed E-state index contributed by atoms with van der Waals surface area (Å²) in [6.07, 6.45) is 2.45. The highest BCUT2D eigenvalue weighted by Crippen LogP contribution is 2.20. The number of aryl methyl sites for hydroxylation is 3. The minimum Gasteiger partial charge on any atom is -0.211 e. The molecule has 0 saturated heterocycles. The molecule has 0 aliphatic heterocycles. The van der Waals surface area contributed by atoms with E-state index in [1.807, 2.05) is 24.3 Å². The molecule has 2 rings (SSSR count). The molecule has 2 nitrogen and oxygen atoms in total. The number of aliphatic imine (C=N–C) groups is 1. The molecule has 0 unspecified atom stereocenters. The smallest absolute Gasteiger partial charge is 0.211 e. The average molecular weight is 251 g/mol. The zero-order valence-electron chi connectivity index (χ0n) is 11.5. The summed E-state index contributed by atoms with van der Waals surface area (Å²) in [5, 5.41) is 0. The predicted octanol–water partition coefficient (Wildman–Crippen LogP) is 4.17. The topological polar surface area (TPSA) is 29.4 Å². The molecule has 2 aromatic rings. The molecule has 0 amide bonds. The third kappa shape index (κ3) is 3.18. The van der Waals surface area contributed by atoms with Crippen molar-refractivity contribution < 1.29 is 4.79 Å². The van der Waals surface area contributed by atoms with Gasteiger partial charge in [0.05, 0.1) is 5.69 Å². The summed E-state index contributed by atoms with van der Waals surface area (Å²) in [6.45, 7) is 6.42. The van der Waals surface area contributed by atoms with Crippen molar-refractivity contribution in [1.29, 1.82) is 0 Å². The zero-order valence-corrected chi connectivity index (χ0v) is 11.5. The second-order valence-electron chi connectivity index (χ2n) is 4.91. The van der Waals surface area contributed by atoms with Crippen molar-refractivity contribution in [2.45, 2.75) is 27.2 Å². The standard InChI is InChI=1S/C17H17NO/c1-12-8-14(3)16(9-13(12)2)10-15-4-6-17(7-5-15)18-11-19/h4-9H,10H2,1-3H3. The second-order valence-corrected chi connectivity index (χ2v) is 4.91. The van der Waals surface area contributed by atoms with Gasteiger partial charge in [-0.1, -0.05) is 24.3 Å². The van der Waals surface area contributed by atoms with E-state index in [-0.39, 0.29) is 0 Å². The first-order chi connectivity index (χ1) is 9.10. The minimum absolute atomic E-state index is 0.649. The fourth-order valence-corrected chi connectivity index (χ4v) is 2.17. The van der Waals surface area contributed by atoms with Gasteiger partial charge in [-0.15, -0.1) is 0 Å². The fourth-order valence-electron chi connectivity index (χ4n) is 2.17. The van der Waals surface area contributed by atoms with Gasteiger partial charge in [0.2, 0.25) is 6.08 Å². The van der Waals surface area contributed by atoms with Crippen LogP contribution in [0.3, 0.4) is 0 Å². The van der Waals surface area contributed by atoms with Crippen LogP contribution in [-0.2, 0) is 11.2 Å². The Kier molecular flexibility index (Phi) is 3.94. The van der Waals surface area contributed by atoms with Gasteiger partial charge in [-0.05, 0) is 67.1 Å². The molecule has 0 aromatic heterocycles. The van der Waals surface area contributed by atoms with Crippen molar-refractivity contribution in [2.75, 3.05) is 0 Å². The van der Waals surface area contributed by atoms with Gasteiger partial charge in [-0.25, -0.2) is 4.79 Å². The lowest BCUT2D eigenvalue weighted by molar-refractivity contribution is 0.565. The van der Waals surface area contributed by atoms with Gasteiger partial charge in [-0.2, -0.15) is 4.99 Å². The van der Waals surface area contributed by atoms with Crippen LogP contribution in [0.25, 0.3) is 0 Å². The van der Waals surface area contributed by atoms with Crippen LogP contribution in [-0.4, -0.2) is 6.08 Å². The van der Waals surface area contributed by atoms with Crippen LogP contribution in [0.2, 0.25) is 0 Å². The Balaban J connectivity index is 2.26. The molecular formula is C17H17NO. The Labute approximate surface area is 113 Å². The van der Waals surface area contributed by atoms with Crippen molar-refractivity contribution in [3.8, 4) is 0 Å². The molecular weight excluding hydrogens is 234 g/mol. The van der Waals surface area contributed by atoms with Crippen LogP contribution in [0, 0.1) is 20.8 Å². The molecule has 0 aliphatic carbocycles. The Morgan fingerprint density at radius 2 is 1.58 bits per heavy atom. The van der Waals surface area contributed by atoms with Gasteiger partial charge in [0.15, 0.2) is 0 Å². The Morgan fingerprint density at radius 3 is 2.21 bits per heavy atom. The number of benzene rings is 2. The Bertz CT molecular complexity index is 635. The zero-order chi connectivity index (χ0) is 13.8. The van der Waals surface area contributed by atoms with Crippen molar-refractivity contribution >= 4 is 11.8 Å². The fraction of sp³-hybridized carbons (Fsp3) is 0.235. The Morgan fingerprint density at radius 1 is 0.947 bits per heavy atom. The summed E-state index contributed by atoms with van der Waals surface area (Å²) in [5.41, 5.74) is 7.18. The summed E-state index contributed by atoms with van der Waals surface area (Å²) in [5.74, 6) is 0. The van der Waals surface area contributed by atoms with E-state index >= 15 is 0 Å². The molecule has 0 fully saturated rings. The first-order valence-corrected chi connectivity index (χ1v) is 6.33. The molecule has 96 valence electrons. The maximum absolute atomic E-state index is 10.2. The van der Waals surface area contributed by atoms with E-state index < -0.39 is 0 Å². The number of hydrogen-bond acceptors (Lipinski definition) is 2. The molecule has 0 radical (unpaired) electrons. The van der Waals surface area contributed by atoms with Crippen LogP contribution >= 0.6 is 0 Å². The number of hydrogen-bond donors (Lipinski definition) is 0. The number of isocyanates is 1. The molecule has 0 heterocycles. The van der Waals surface area contributed by atoms with Crippen LogP contribution in [0.1, 0.15) is 27.8 Å². The number of rotatable bonds is 3. The minimum atomic E-state index is 0.649. The number of nitrogens with zero attached hydrogens (tertiary/aromatic N) is 1.